The summed E-state index contributed by atoms with van der Waals surface area (Å²) in [6.07, 6.45) is 3.54. The Morgan fingerprint density at radius 3 is 2.21 bits per heavy atom. The number of halogens is 1. The Kier molecular flexibility index (Phi) is 3.48. The lowest BCUT2D eigenvalue weighted by molar-refractivity contribution is 0.475. The summed E-state index contributed by atoms with van der Waals surface area (Å²) in [5.41, 5.74) is 2.12. The molecule has 0 aliphatic carbocycles. The van der Waals surface area contributed by atoms with Crippen molar-refractivity contribution in [2.75, 3.05) is 0 Å². The van der Waals surface area contributed by atoms with Gasteiger partial charge < -0.3 is 5.11 Å². The smallest absolute Gasteiger partial charge is 0.115 e. The first-order valence-electron chi connectivity index (χ1n) is 4.06. The minimum atomic E-state index is 0. The van der Waals surface area contributed by atoms with Crippen LogP contribution in [0.15, 0.2) is 48.8 Å². The van der Waals surface area contributed by atoms with Crippen LogP contribution in [0, 0.1) is 0 Å². The maximum atomic E-state index is 9.09. The van der Waals surface area contributed by atoms with E-state index in [4.69, 9.17) is 5.11 Å². The second-order valence-electron chi connectivity index (χ2n) is 2.79. The molecule has 0 saturated carbocycles. The molecule has 2 aromatic rings. The zero-order valence-electron chi connectivity index (χ0n) is 7.42. The summed E-state index contributed by atoms with van der Waals surface area (Å²) in [7, 11) is 0. The van der Waals surface area contributed by atoms with Crippen molar-refractivity contribution in [3.8, 4) is 16.9 Å². The molecule has 2 rings (SSSR count). The summed E-state index contributed by atoms with van der Waals surface area (Å²) >= 11 is 0. The lowest BCUT2D eigenvalue weighted by Gasteiger charge is -1.99. The van der Waals surface area contributed by atoms with Gasteiger partial charge in [-0.2, -0.15) is 0 Å². The van der Waals surface area contributed by atoms with Crippen molar-refractivity contribution >= 4 is 12.4 Å². The van der Waals surface area contributed by atoms with Gasteiger partial charge in [-0.3, -0.25) is 4.98 Å². The van der Waals surface area contributed by atoms with Gasteiger partial charge in [0, 0.05) is 12.4 Å². The second-order valence-corrected chi connectivity index (χ2v) is 2.79. The fourth-order valence-electron chi connectivity index (χ4n) is 1.19. The van der Waals surface area contributed by atoms with E-state index < -0.39 is 0 Å². The molecule has 3 heteroatoms. The average Bonchev–Trinajstić information content (AvgIpc) is 2.20. The Bertz CT molecular complexity index is 386. The Balaban J connectivity index is 0.000000980. The van der Waals surface area contributed by atoms with Gasteiger partial charge in [-0.15, -0.1) is 12.4 Å². The van der Waals surface area contributed by atoms with Crippen molar-refractivity contribution in [1.29, 1.82) is 0 Å². The molecule has 0 saturated heterocycles. The maximum absolute atomic E-state index is 9.09. The maximum Gasteiger partial charge on any atom is 0.115 e. The lowest BCUT2D eigenvalue weighted by atomic mass is 10.1. The van der Waals surface area contributed by atoms with Crippen LogP contribution in [0.5, 0.6) is 5.75 Å². The van der Waals surface area contributed by atoms with E-state index >= 15 is 0 Å². The van der Waals surface area contributed by atoms with Crippen LogP contribution in [-0.4, -0.2) is 10.1 Å². The second kappa shape index (κ2) is 4.63. The largest absolute Gasteiger partial charge is 0.508 e. The molecule has 14 heavy (non-hydrogen) atoms. The fraction of sp³-hybridized carbons (Fsp3) is 0. The number of benzene rings is 1. The van der Waals surface area contributed by atoms with E-state index in [0.717, 1.165) is 11.1 Å². The first-order chi connectivity index (χ1) is 6.36. The van der Waals surface area contributed by atoms with Crippen molar-refractivity contribution in [3.63, 3.8) is 0 Å². The Hall–Kier alpha value is -1.54. The van der Waals surface area contributed by atoms with E-state index in [1.165, 1.54) is 0 Å². The number of aromatic hydroxyl groups is 1. The number of nitrogens with zero attached hydrogens (tertiary/aromatic N) is 1. The molecule has 1 heterocycles. The molecule has 0 radical (unpaired) electrons. The normalized spacial score (nSPS) is 9.14. The van der Waals surface area contributed by atoms with Gasteiger partial charge >= 0.3 is 0 Å². The highest BCUT2D eigenvalue weighted by Crippen LogP contribution is 2.20. The zero-order chi connectivity index (χ0) is 9.10. The van der Waals surface area contributed by atoms with E-state index in [1.54, 1.807) is 24.5 Å². The molecule has 0 aliphatic heterocycles. The summed E-state index contributed by atoms with van der Waals surface area (Å²) in [5.74, 6) is 0.285. The van der Waals surface area contributed by atoms with Crippen molar-refractivity contribution in [1.82, 2.24) is 4.98 Å². The summed E-state index contributed by atoms with van der Waals surface area (Å²) in [4.78, 5) is 4.02. The molecular formula is C11H10ClNO. The molecule has 0 fully saturated rings. The van der Waals surface area contributed by atoms with E-state index in [-0.39, 0.29) is 18.2 Å². The Morgan fingerprint density at radius 2 is 1.64 bits per heavy atom. The highest BCUT2D eigenvalue weighted by atomic mass is 35.5. The number of aromatic nitrogens is 1. The van der Waals surface area contributed by atoms with Crippen molar-refractivity contribution < 1.29 is 5.11 Å². The first kappa shape index (κ1) is 10.5. The standard InChI is InChI=1S/C11H9NO.ClH/c13-11-5-3-9(4-6-11)10-2-1-7-12-8-10;/h1-8,13H;1H. The van der Waals surface area contributed by atoms with Crippen LogP contribution >= 0.6 is 12.4 Å². The van der Waals surface area contributed by atoms with Gasteiger partial charge in [-0.25, -0.2) is 0 Å². The van der Waals surface area contributed by atoms with Crippen molar-refractivity contribution in [2.24, 2.45) is 0 Å². The number of hydrogen-bond donors (Lipinski definition) is 1. The molecule has 1 aromatic heterocycles. The fourth-order valence-corrected chi connectivity index (χ4v) is 1.19. The van der Waals surface area contributed by atoms with Crippen LogP contribution in [0.25, 0.3) is 11.1 Å². The molecule has 2 nitrogen and oxygen atoms in total. The number of phenolic OH excluding ortho intramolecular Hbond substituents is 1. The highest BCUT2D eigenvalue weighted by molar-refractivity contribution is 5.85. The summed E-state index contributed by atoms with van der Waals surface area (Å²) in [6, 6.07) is 10.9. The van der Waals surface area contributed by atoms with Crippen LogP contribution in [0.3, 0.4) is 0 Å². The zero-order valence-corrected chi connectivity index (χ0v) is 8.24. The molecule has 0 unspecified atom stereocenters. The molecule has 0 aliphatic rings. The minimum Gasteiger partial charge on any atom is -0.508 e. The quantitative estimate of drug-likeness (QED) is 0.780. The summed E-state index contributed by atoms with van der Waals surface area (Å²) in [6.45, 7) is 0. The van der Waals surface area contributed by atoms with Crippen molar-refractivity contribution in [2.45, 2.75) is 0 Å². The summed E-state index contributed by atoms with van der Waals surface area (Å²) < 4.78 is 0. The topological polar surface area (TPSA) is 33.1 Å². The SMILES string of the molecule is Cl.Oc1ccc(-c2cccnc2)cc1. The molecule has 1 aromatic carbocycles. The van der Waals surface area contributed by atoms with Crippen LogP contribution in [0.4, 0.5) is 0 Å². The van der Waals surface area contributed by atoms with Gasteiger partial charge in [0.2, 0.25) is 0 Å². The predicted molar refractivity (Wildman–Crippen MR) is 58.6 cm³/mol. The average molecular weight is 208 g/mol. The van der Waals surface area contributed by atoms with Gasteiger partial charge in [-0.1, -0.05) is 18.2 Å². The third-order valence-corrected chi connectivity index (χ3v) is 1.86. The van der Waals surface area contributed by atoms with E-state index in [2.05, 4.69) is 4.98 Å². The van der Waals surface area contributed by atoms with Crippen LogP contribution in [-0.2, 0) is 0 Å². The Labute approximate surface area is 88.7 Å². The van der Waals surface area contributed by atoms with Gasteiger partial charge in [0.25, 0.3) is 0 Å². The Morgan fingerprint density at radius 1 is 0.929 bits per heavy atom. The number of rotatable bonds is 1. The van der Waals surface area contributed by atoms with Gasteiger partial charge in [-0.05, 0) is 29.3 Å². The van der Waals surface area contributed by atoms with Crippen LogP contribution < -0.4 is 0 Å². The molecular weight excluding hydrogens is 198 g/mol. The molecule has 0 atom stereocenters. The third-order valence-electron chi connectivity index (χ3n) is 1.86. The van der Waals surface area contributed by atoms with Crippen LogP contribution in [0.1, 0.15) is 0 Å². The van der Waals surface area contributed by atoms with Gasteiger partial charge in [0.05, 0.1) is 0 Å². The highest BCUT2D eigenvalue weighted by Gasteiger charge is 1.95. The van der Waals surface area contributed by atoms with Gasteiger partial charge in [0.15, 0.2) is 0 Å². The molecule has 0 amide bonds. The van der Waals surface area contributed by atoms with Gasteiger partial charge in [0.1, 0.15) is 5.75 Å². The van der Waals surface area contributed by atoms with E-state index in [0.29, 0.717) is 0 Å². The van der Waals surface area contributed by atoms with Crippen LogP contribution in [0.2, 0.25) is 0 Å². The monoisotopic (exact) mass is 207 g/mol. The number of hydrogen-bond acceptors (Lipinski definition) is 2. The predicted octanol–water partition coefficient (Wildman–Crippen LogP) is 2.88. The molecule has 1 N–H and O–H groups in total. The third kappa shape index (κ3) is 2.24. The molecule has 0 bridgehead atoms. The molecule has 0 spiro atoms. The van der Waals surface area contributed by atoms with Crippen molar-refractivity contribution in [3.05, 3.63) is 48.8 Å². The van der Waals surface area contributed by atoms with E-state index in [1.807, 2.05) is 24.3 Å². The molecule has 72 valence electrons. The van der Waals surface area contributed by atoms with E-state index in [9.17, 15) is 0 Å². The lowest BCUT2D eigenvalue weighted by Crippen LogP contribution is -1.77. The number of phenols is 1. The number of pyridine rings is 1. The summed E-state index contributed by atoms with van der Waals surface area (Å²) in [5, 5.41) is 9.09. The minimum absolute atomic E-state index is 0. The first-order valence-corrected chi connectivity index (χ1v) is 4.06.